The summed E-state index contributed by atoms with van der Waals surface area (Å²) in [7, 11) is 0. The van der Waals surface area contributed by atoms with Crippen LogP contribution in [0.3, 0.4) is 0 Å². The molecule has 1 N–H and O–H groups in total. The molecule has 2 aromatic rings. The monoisotopic (exact) mass is 446 g/mol. The number of anilines is 1. The average molecular weight is 448 g/mol. The van der Waals surface area contributed by atoms with Crippen LogP contribution in [0.4, 0.5) is 5.82 Å². The second-order valence-corrected chi connectivity index (χ2v) is 7.57. The van der Waals surface area contributed by atoms with E-state index in [1.165, 1.54) is 0 Å². The number of carbonyl (C=O) groups is 1. The van der Waals surface area contributed by atoms with Crippen LogP contribution < -0.4 is 4.90 Å². The van der Waals surface area contributed by atoms with E-state index >= 15 is 0 Å². The molecule has 134 valence electrons. The Morgan fingerprint density at radius 2 is 2.24 bits per heavy atom. The Hall–Kier alpha value is -1.08. The number of halogens is 3. The summed E-state index contributed by atoms with van der Waals surface area (Å²) in [5.74, 6) is -0.0391. The van der Waals surface area contributed by atoms with Gasteiger partial charge >= 0.3 is 5.97 Å². The number of ether oxygens (including phenoxy) is 1. The van der Waals surface area contributed by atoms with Crippen LogP contribution in [0.2, 0.25) is 10.0 Å². The third kappa shape index (κ3) is 4.19. The fourth-order valence-electron chi connectivity index (χ4n) is 3.02. The van der Waals surface area contributed by atoms with Crippen LogP contribution in [0.25, 0.3) is 10.9 Å². The largest absolute Gasteiger partial charge is 0.481 e. The van der Waals surface area contributed by atoms with E-state index in [9.17, 15) is 4.79 Å². The molecule has 1 aromatic heterocycles. The van der Waals surface area contributed by atoms with Crippen molar-refractivity contribution >= 4 is 61.8 Å². The summed E-state index contributed by atoms with van der Waals surface area (Å²) in [5, 5.41) is 10.5. The number of aliphatic carboxylic acids is 1. The van der Waals surface area contributed by atoms with Gasteiger partial charge in [0.05, 0.1) is 41.2 Å². The Balaban J connectivity index is 1.82. The lowest BCUT2D eigenvalue weighted by Crippen LogP contribution is -2.34. The third-order valence-electron chi connectivity index (χ3n) is 4.25. The zero-order chi connectivity index (χ0) is 18.0. The zero-order valence-corrected chi connectivity index (χ0v) is 16.4. The molecule has 0 spiro atoms. The molecule has 1 fully saturated rings. The SMILES string of the molecule is O=C(O)CCOCC1CCCN1c1cc(Br)c2ccc(Cl)c(Cl)c2n1. The maximum Gasteiger partial charge on any atom is 0.305 e. The first-order valence-corrected chi connectivity index (χ1v) is 9.52. The van der Waals surface area contributed by atoms with Gasteiger partial charge in [0, 0.05) is 16.4 Å². The molecule has 1 unspecified atom stereocenters. The van der Waals surface area contributed by atoms with E-state index in [2.05, 4.69) is 20.8 Å². The number of rotatable bonds is 6. The van der Waals surface area contributed by atoms with Crippen LogP contribution in [-0.2, 0) is 9.53 Å². The molecule has 1 aliphatic rings. The molecule has 0 bridgehead atoms. The van der Waals surface area contributed by atoms with E-state index in [0.29, 0.717) is 22.2 Å². The molecule has 1 aromatic carbocycles. The van der Waals surface area contributed by atoms with Crippen LogP contribution in [0.15, 0.2) is 22.7 Å². The molecule has 0 amide bonds. The molecule has 0 radical (unpaired) electrons. The maximum atomic E-state index is 10.6. The molecular formula is C17H17BrCl2N2O3. The lowest BCUT2D eigenvalue weighted by molar-refractivity contribution is -0.138. The van der Waals surface area contributed by atoms with Crippen molar-refractivity contribution in [2.75, 3.05) is 24.7 Å². The molecule has 5 nitrogen and oxygen atoms in total. The van der Waals surface area contributed by atoms with E-state index < -0.39 is 5.97 Å². The van der Waals surface area contributed by atoms with Gasteiger partial charge < -0.3 is 14.7 Å². The van der Waals surface area contributed by atoms with Gasteiger partial charge in [-0.1, -0.05) is 29.3 Å². The Labute approximate surface area is 164 Å². The van der Waals surface area contributed by atoms with Gasteiger partial charge in [0.1, 0.15) is 5.82 Å². The summed E-state index contributed by atoms with van der Waals surface area (Å²) < 4.78 is 6.44. The predicted molar refractivity (Wildman–Crippen MR) is 103 cm³/mol. The third-order valence-corrected chi connectivity index (χ3v) is 5.70. The minimum Gasteiger partial charge on any atom is -0.481 e. The lowest BCUT2D eigenvalue weighted by atomic mass is 10.2. The van der Waals surface area contributed by atoms with Crippen molar-refractivity contribution in [1.82, 2.24) is 4.98 Å². The van der Waals surface area contributed by atoms with Crippen molar-refractivity contribution in [2.45, 2.75) is 25.3 Å². The molecule has 1 aliphatic heterocycles. The van der Waals surface area contributed by atoms with E-state index in [4.69, 9.17) is 38.0 Å². The molecular weight excluding hydrogens is 431 g/mol. The van der Waals surface area contributed by atoms with Crippen molar-refractivity contribution in [3.05, 3.63) is 32.7 Å². The van der Waals surface area contributed by atoms with Crippen LogP contribution in [0.5, 0.6) is 0 Å². The topological polar surface area (TPSA) is 62.7 Å². The normalized spacial score (nSPS) is 17.4. The van der Waals surface area contributed by atoms with E-state index in [1.807, 2.05) is 12.1 Å². The van der Waals surface area contributed by atoms with E-state index in [-0.39, 0.29) is 19.1 Å². The van der Waals surface area contributed by atoms with Crippen LogP contribution in [0, 0.1) is 0 Å². The number of fused-ring (bicyclic) bond motifs is 1. The zero-order valence-electron chi connectivity index (χ0n) is 13.3. The van der Waals surface area contributed by atoms with Crippen molar-refractivity contribution in [3.63, 3.8) is 0 Å². The van der Waals surface area contributed by atoms with Gasteiger partial charge in [-0.2, -0.15) is 0 Å². The number of nitrogens with zero attached hydrogens (tertiary/aromatic N) is 2. The second kappa shape index (κ2) is 8.08. The maximum absolute atomic E-state index is 10.6. The molecule has 0 aliphatic carbocycles. The van der Waals surface area contributed by atoms with Crippen molar-refractivity contribution in [1.29, 1.82) is 0 Å². The number of hydrogen-bond acceptors (Lipinski definition) is 4. The van der Waals surface area contributed by atoms with E-state index in [0.717, 1.165) is 35.1 Å². The van der Waals surface area contributed by atoms with Gasteiger partial charge in [0.15, 0.2) is 0 Å². The number of pyridine rings is 1. The molecule has 2 heterocycles. The molecule has 8 heteroatoms. The minimum absolute atomic E-state index is 0.0145. The number of carboxylic acid groups (broad SMARTS) is 1. The molecule has 3 rings (SSSR count). The Bertz CT molecular complexity index is 803. The standard InChI is InChI=1S/C17H17BrCl2N2O3/c18-12-8-14(21-17-11(12)3-4-13(19)16(17)20)22-6-1-2-10(22)9-25-7-5-15(23)24/h3-4,8,10H,1-2,5-7,9H2,(H,23,24). The van der Waals surface area contributed by atoms with E-state index in [1.54, 1.807) is 6.07 Å². The molecule has 1 atom stereocenters. The number of aromatic nitrogens is 1. The Kier molecular flexibility index (Phi) is 6.04. The summed E-state index contributed by atoms with van der Waals surface area (Å²) in [6.07, 6.45) is 2.03. The van der Waals surface area contributed by atoms with Crippen molar-refractivity contribution < 1.29 is 14.6 Å². The number of carboxylic acids is 1. The van der Waals surface area contributed by atoms with Crippen LogP contribution in [-0.4, -0.2) is 41.9 Å². The van der Waals surface area contributed by atoms with Crippen LogP contribution in [0.1, 0.15) is 19.3 Å². The quantitative estimate of drug-likeness (QED) is 0.646. The Morgan fingerprint density at radius 1 is 1.44 bits per heavy atom. The smallest absolute Gasteiger partial charge is 0.305 e. The number of benzene rings is 1. The van der Waals surface area contributed by atoms with Gasteiger partial charge in [0.25, 0.3) is 0 Å². The molecule has 25 heavy (non-hydrogen) atoms. The highest BCUT2D eigenvalue weighted by molar-refractivity contribution is 9.10. The van der Waals surface area contributed by atoms with Gasteiger partial charge in [0.2, 0.25) is 0 Å². The highest BCUT2D eigenvalue weighted by Crippen LogP contribution is 2.36. The highest BCUT2D eigenvalue weighted by atomic mass is 79.9. The van der Waals surface area contributed by atoms with Gasteiger partial charge in [-0.25, -0.2) is 4.98 Å². The molecule has 0 saturated carbocycles. The first-order chi connectivity index (χ1) is 12.0. The lowest BCUT2D eigenvalue weighted by Gasteiger charge is -2.26. The summed E-state index contributed by atoms with van der Waals surface area (Å²) >= 11 is 16.0. The van der Waals surface area contributed by atoms with Gasteiger partial charge in [-0.05, 0) is 40.9 Å². The Morgan fingerprint density at radius 3 is 3.00 bits per heavy atom. The first kappa shape index (κ1) is 18.7. The summed E-state index contributed by atoms with van der Waals surface area (Å²) in [5.41, 5.74) is 0.663. The fraction of sp³-hybridized carbons (Fsp3) is 0.412. The predicted octanol–water partition coefficient (Wildman–Crippen LogP) is 4.76. The summed E-state index contributed by atoms with van der Waals surface area (Å²) in [6.45, 7) is 1.57. The fourth-order valence-corrected chi connectivity index (χ4v) is 3.90. The van der Waals surface area contributed by atoms with Crippen LogP contribution >= 0.6 is 39.1 Å². The summed E-state index contributed by atoms with van der Waals surface area (Å²) in [4.78, 5) is 17.5. The molecule has 1 saturated heterocycles. The van der Waals surface area contributed by atoms with Gasteiger partial charge in [-0.15, -0.1) is 0 Å². The summed E-state index contributed by atoms with van der Waals surface area (Å²) in [6, 6.07) is 5.79. The second-order valence-electron chi connectivity index (χ2n) is 5.93. The minimum atomic E-state index is -0.852. The average Bonchev–Trinajstić information content (AvgIpc) is 3.03. The van der Waals surface area contributed by atoms with Gasteiger partial charge in [-0.3, -0.25) is 4.79 Å². The first-order valence-electron chi connectivity index (χ1n) is 7.98. The highest BCUT2D eigenvalue weighted by Gasteiger charge is 2.27. The van der Waals surface area contributed by atoms with Crippen molar-refractivity contribution in [2.24, 2.45) is 0 Å². The van der Waals surface area contributed by atoms with Crippen molar-refractivity contribution in [3.8, 4) is 0 Å². The number of hydrogen-bond donors (Lipinski definition) is 1.